The van der Waals surface area contributed by atoms with E-state index in [2.05, 4.69) is 82.8 Å². The molecule has 0 amide bonds. The van der Waals surface area contributed by atoms with Crippen LogP contribution in [0.3, 0.4) is 0 Å². The van der Waals surface area contributed by atoms with Crippen LogP contribution in [0.1, 0.15) is 47.0 Å². The Morgan fingerprint density at radius 3 is 1.89 bits per heavy atom. The van der Waals surface area contributed by atoms with Gasteiger partial charge in [0.05, 0.1) is 6.10 Å². The predicted molar refractivity (Wildman–Crippen MR) is 122 cm³/mol. The van der Waals surface area contributed by atoms with Crippen LogP contribution in [0, 0.1) is 5.92 Å². The Kier molecular flexibility index (Phi) is 7.96. The van der Waals surface area contributed by atoms with Gasteiger partial charge in [0.15, 0.2) is 0 Å². The number of hydrogen-bond donors (Lipinski definition) is 0. The maximum Gasteiger partial charge on any atom is 0.261 e. The summed E-state index contributed by atoms with van der Waals surface area (Å²) in [4.78, 5) is 11.9. The summed E-state index contributed by atoms with van der Waals surface area (Å²) in [7, 11) is -2.62. The summed E-state index contributed by atoms with van der Waals surface area (Å²) < 4.78 is 7.04. The van der Waals surface area contributed by atoms with Gasteiger partial charge in [-0.15, -0.1) is 6.58 Å². The van der Waals surface area contributed by atoms with Crippen LogP contribution in [0.5, 0.6) is 0 Å². The van der Waals surface area contributed by atoms with E-state index >= 15 is 0 Å². The standard InChI is InChI=1S/C25H34O2Si/c1-6-7-10-15-22(20-26)21(2)27-28(25(3,4)5,23-16-11-8-12-17-23)24-18-13-9-14-19-24/h6,8-9,11-14,16-22H,1,7,10,15H2,2-5H3/t21-,22-/m0/s1. The molecular weight excluding hydrogens is 360 g/mol. The van der Waals surface area contributed by atoms with Crippen LogP contribution in [0.2, 0.25) is 5.04 Å². The Labute approximate surface area is 171 Å². The van der Waals surface area contributed by atoms with Crippen molar-refractivity contribution < 1.29 is 9.22 Å². The summed E-state index contributed by atoms with van der Waals surface area (Å²) in [5.41, 5.74) is 0. The molecule has 0 bridgehead atoms. The van der Waals surface area contributed by atoms with Crippen LogP contribution in [-0.2, 0) is 9.22 Å². The lowest BCUT2D eigenvalue weighted by Gasteiger charge is -2.45. The zero-order valence-corrected chi connectivity index (χ0v) is 18.7. The van der Waals surface area contributed by atoms with E-state index in [0.717, 1.165) is 25.5 Å². The van der Waals surface area contributed by atoms with Gasteiger partial charge in [0.25, 0.3) is 8.32 Å². The van der Waals surface area contributed by atoms with Crippen molar-refractivity contribution in [2.75, 3.05) is 0 Å². The number of carbonyl (C=O) groups is 1. The largest absolute Gasteiger partial charge is 0.404 e. The number of rotatable bonds is 10. The van der Waals surface area contributed by atoms with Crippen LogP contribution in [0.15, 0.2) is 73.3 Å². The molecule has 0 aliphatic rings. The molecule has 0 heterocycles. The molecule has 3 heteroatoms. The summed E-state index contributed by atoms with van der Waals surface area (Å²) in [5, 5.41) is 2.41. The van der Waals surface area contributed by atoms with Gasteiger partial charge in [-0.2, -0.15) is 0 Å². The second-order valence-corrected chi connectivity index (χ2v) is 12.8. The first-order valence-electron chi connectivity index (χ1n) is 10.2. The molecule has 0 saturated heterocycles. The monoisotopic (exact) mass is 394 g/mol. The van der Waals surface area contributed by atoms with E-state index in [-0.39, 0.29) is 17.1 Å². The summed E-state index contributed by atoms with van der Waals surface area (Å²) in [5.74, 6) is -0.110. The third-order valence-electron chi connectivity index (χ3n) is 5.50. The predicted octanol–water partition coefficient (Wildman–Crippen LogP) is 5.12. The number of allylic oxidation sites excluding steroid dienone is 1. The lowest BCUT2D eigenvalue weighted by molar-refractivity contribution is -0.113. The third-order valence-corrected chi connectivity index (χ3v) is 10.6. The second kappa shape index (κ2) is 9.99. The maximum atomic E-state index is 11.9. The summed E-state index contributed by atoms with van der Waals surface area (Å²) in [6.45, 7) is 12.6. The van der Waals surface area contributed by atoms with Crippen molar-refractivity contribution in [2.24, 2.45) is 5.92 Å². The topological polar surface area (TPSA) is 26.3 Å². The van der Waals surface area contributed by atoms with E-state index in [1.807, 2.05) is 18.2 Å². The molecule has 150 valence electrons. The van der Waals surface area contributed by atoms with Gasteiger partial charge in [-0.3, -0.25) is 0 Å². The van der Waals surface area contributed by atoms with E-state index < -0.39 is 8.32 Å². The van der Waals surface area contributed by atoms with Crippen molar-refractivity contribution in [3.05, 3.63) is 73.3 Å². The highest BCUT2D eigenvalue weighted by Gasteiger charge is 2.51. The van der Waals surface area contributed by atoms with Crippen LogP contribution in [0.25, 0.3) is 0 Å². The van der Waals surface area contributed by atoms with E-state index in [9.17, 15) is 4.79 Å². The van der Waals surface area contributed by atoms with Gasteiger partial charge in [0.1, 0.15) is 6.29 Å². The fourth-order valence-corrected chi connectivity index (χ4v) is 8.72. The van der Waals surface area contributed by atoms with Crippen molar-refractivity contribution in [1.82, 2.24) is 0 Å². The minimum absolute atomic E-state index is 0.0848. The van der Waals surface area contributed by atoms with Crippen molar-refractivity contribution in [3.63, 3.8) is 0 Å². The molecule has 0 radical (unpaired) electrons. The summed E-state index contributed by atoms with van der Waals surface area (Å²) in [6, 6.07) is 21.2. The molecular formula is C25H34O2Si. The Balaban J connectivity index is 2.52. The Bertz CT molecular complexity index is 695. The number of hydrogen-bond acceptors (Lipinski definition) is 2. The van der Waals surface area contributed by atoms with Crippen molar-refractivity contribution in [3.8, 4) is 0 Å². The molecule has 2 rings (SSSR count). The van der Waals surface area contributed by atoms with Crippen molar-refractivity contribution in [1.29, 1.82) is 0 Å². The average Bonchev–Trinajstić information content (AvgIpc) is 2.69. The first kappa shape index (κ1) is 22.3. The number of benzene rings is 2. The minimum atomic E-state index is -2.62. The fraction of sp³-hybridized carbons (Fsp3) is 0.400. The van der Waals surface area contributed by atoms with Gasteiger partial charge >= 0.3 is 0 Å². The number of unbranched alkanes of at least 4 members (excludes halogenated alkanes) is 1. The highest BCUT2D eigenvalue weighted by atomic mass is 28.4. The zero-order chi connectivity index (χ0) is 20.6. The van der Waals surface area contributed by atoms with Gasteiger partial charge in [-0.1, -0.05) is 87.5 Å². The summed E-state index contributed by atoms with van der Waals surface area (Å²) in [6.07, 6.45) is 5.56. The highest BCUT2D eigenvalue weighted by Crippen LogP contribution is 2.38. The van der Waals surface area contributed by atoms with Crippen LogP contribution >= 0.6 is 0 Å². The average molecular weight is 395 g/mol. The van der Waals surface area contributed by atoms with Crippen molar-refractivity contribution >= 4 is 25.0 Å². The smallest absolute Gasteiger partial charge is 0.261 e. The van der Waals surface area contributed by atoms with Gasteiger partial charge in [-0.05, 0) is 41.6 Å². The number of carbonyl (C=O) groups excluding carboxylic acids is 1. The molecule has 2 nitrogen and oxygen atoms in total. The van der Waals surface area contributed by atoms with Gasteiger partial charge < -0.3 is 9.22 Å². The summed E-state index contributed by atoms with van der Waals surface area (Å²) >= 11 is 0. The Morgan fingerprint density at radius 1 is 1.00 bits per heavy atom. The van der Waals surface area contributed by atoms with Gasteiger partial charge in [0, 0.05) is 5.92 Å². The normalized spacial score (nSPS) is 14.3. The lowest BCUT2D eigenvalue weighted by Crippen LogP contribution is -2.68. The fourth-order valence-electron chi connectivity index (χ4n) is 3.97. The van der Waals surface area contributed by atoms with E-state index in [0.29, 0.717) is 0 Å². The Hall–Kier alpha value is -1.97. The number of aldehydes is 1. The van der Waals surface area contributed by atoms with Crippen LogP contribution in [0.4, 0.5) is 0 Å². The van der Waals surface area contributed by atoms with Gasteiger partial charge in [0.2, 0.25) is 0 Å². The van der Waals surface area contributed by atoms with Crippen molar-refractivity contribution in [2.45, 2.75) is 58.1 Å². The third kappa shape index (κ3) is 4.89. The molecule has 2 aromatic rings. The molecule has 0 aliphatic heterocycles. The van der Waals surface area contributed by atoms with Crippen LogP contribution in [-0.4, -0.2) is 20.7 Å². The molecule has 0 spiro atoms. The molecule has 0 unspecified atom stereocenters. The molecule has 0 aromatic heterocycles. The molecule has 0 aliphatic carbocycles. The van der Waals surface area contributed by atoms with Crippen LogP contribution < -0.4 is 10.4 Å². The Morgan fingerprint density at radius 2 is 1.50 bits per heavy atom. The quantitative estimate of drug-likeness (QED) is 0.242. The molecule has 0 saturated carbocycles. The first-order valence-corrected chi connectivity index (χ1v) is 12.1. The molecule has 0 N–H and O–H groups in total. The van der Waals surface area contributed by atoms with E-state index in [4.69, 9.17) is 4.43 Å². The molecule has 0 fully saturated rings. The lowest BCUT2D eigenvalue weighted by atomic mass is 9.99. The molecule has 2 aromatic carbocycles. The SMILES string of the molecule is C=CCCC[C@@H](C=O)[C@H](C)O[Si](c1ccccc1)(c1ccccc1)C(C)(C)C. The van der Waals surface area contributed by atoms with E-state index in [1.54, 1.807) is 0 Å². The maximum absolute atomic E-state index is 11.9. The van der Waals surface area contributed by atoms with E-state index in [1.165, 1.54) is 10.4 Å². The zero-order valence-electron chi connectivity index (χ0n) is 17.7. The van der Waals surface area contributed by atoms with Gasteiger partial charge in [-0.25, -0.2) is 0 Å². The second-order valence-electron chi connectivity index (χ2n) is 8.51. The minimum Gasteiger partial charge on any atom is -0.404 e. The molecule has 28 heavy (non-hydrogen) atoms. The molecule has 2 atom stereocenters. The first-order chi connectivity index (χ1) is 13.4. The highest BCUT2D eigenvalue weighted by molar-refractivity contribution is 6.99.